The fourth-order valence-electron chi connectivity index (χ4n) is 4.06. The zero-order chi connectivity index (χ0) is 18.0. The maximum absolute atomic E-state index is 12.6. The Hall–Kier alpha value is -1.76. The molecule has 2 fully saturated rings. The molecule has 2 aliphatic heterocycles. The van der Waals surface area contributed by atoms with Crippen LogP contribution in [-0.2, 0) is 11.0 Å². The van der Waals surface area contributed by atoms with Crippen molar-refractivity contribution in [3.05, 3.63) is 29.8 Å². The second kappa shape index (κ2) is 7.23. The minimum absolute atomic E-state index is 0.145. The molecule has 1 aromatic rings. The van der Waals surface area contributed by atoms with Gasteiger partial charge < -0.3 is 9.84 Å². The fraction of sp³-hybridized carbons (Fsp3) is 0.611. The highest BCUT2D eigenvalue weighted by atomic mass is 19.4. The van der Waals surface area contributed by atoms with Crippen LogP contribution in [0.1, 0.15) is 37.7 Å². The van der Waals surface area contributed by atoms with E-state index in [9.17, 15) is 23.1 Å². The van der Waals surface area contributed by atoms with Crippen molar-refractivity contribution in [2.45, 2.75) is 50.4 Å². The quantitative estimate of drug-likeness (QED) is 0.754. The maximum Gasteiger partial charge on any atom is 0.416 e. The van der Waals surface area contributed by atoms with Gasteiger partial charge in [-0.3, -0.25) is 9.69 Å². The van der Waals surface area contributed by atoms with Crippen molar-refractivity contribution in [3.8, 4) is 5.75 Å². The van der Waals surface area contributed by atoms with E-state index >= 15 is 0 Å². The molecule has 2 bridgehead atoms. The number of ether oxygens (including phenoxy) is 1. The number of carboxylic acid groups (broad SMARTS) is 1. The van der Waals surface area contributed by atoms with Crippen molar-refractivity contribution < 1.29 is 27.8 Å². The first-order valence-corrected chi connectivity index (χ1v) is 8.65. The minimum Gasteiger partial charge on any atom is -0.494 e. The maximum atomic E-state index is 12.6. The number of halogens is 3. The SMILES string of the molecule is O=C(O)C1CC2CCC1N2CCCCOc1cccc(C(F)(F)F)c1. The van der Waals surface area contributed by atoms with Gasteiger partial charge in [0.25, 0.3) is 0 Å². The molecule has 0 aliphatic carbocycles. The molecule has 3 unspecified atom stereocenters. The zero-order valence-electron chi connectivity index (χ0n) is 13.8. The first kappa shape index (κ1) is 18.0. The summed E-state index contributed by atoms with van der Waals surface area (Å²) in [6.07, 6.45) is -0.0460. The third kappa shape index (κ3) is 4.08. The Bertz CT molecular complexity index is 620. The third-order valence-electron chi connectivity index (χ3n) is 5.24. The van der Waals surface area contributed by atoms with Crippen LogP contribution in [0.4, 0.5) is 13.2 Å². The number of hydrogen-bond donors (Lipinski definition) is 1. The lowest BCUT2D eigenvalue weighted by Crippen LogP contribution is -2.33. The first-order valence-electron chi connectivity index (χ1n) is 8.65. The predicted molar refractivity (Wildman–Crippen MR) is 85.4 cm³/mol. The van der Waals surface area contributed by atoms with Crippen LogP contribution < -0.4 is 4.74 Å². The van der Waals surface area contributed by atoms with Crippen LogP contribution in [0.3, 0.4) is 0 Å². The number of nitrogens with zero attached hydrogens (tertiary/aromatic N) is 1. The van der Waals surface area contributed by atoms with Gasteiger partial charge in [0.15, 0.2) is 0 Å². The number of hydrogen-bond acceptors (Lipinski definition) is 3. The van der Waals surface area contributed by atoms with Crippen molar-refractivity contribution in [1.82, 2.24) is 4.90 Å². The second-order valence-electron chi connectivity index (χ2n) is 6.80. The highest BCUT2D eigenvalue weighted by molar-refractivity contribution is 5.71. The van der Waals surface area contributed by atoms with E-state index in [2.05, 4.69) is 4.90 Å². The Labute approximate surface area is 144 Å². The Morgan fingerprint density at radius 3 is 2.76 bits per heavy atom. The lowest BCUT2D eigenvalue weighted by molar-refractivity contribution is -0.142. The van der Waals surface area contributed by atoms with E-state index in [1.165, 1.54) is 12.1 Å². The third-order valence-corrected chi connectivity index (χ3v) is 5.24. The van der Waals surface area contributed by atoms with Crippen LogP contribution in [0.25, 0.3) is 0 Å². The summed E-state index contributed by atoms with van der Waals surface area (Å²) in [5, 5.41) is 9.24. The minimum atomic E-state index is -4.37. The lowest BCUT2D eigenvalue weighted by atomic mass is 9.89. The van der Waals surface area contributed by atoms with Gasteiger partial charge in [0.2, 0.25) is 0 Å². The molecule has 1 aromatic carbocycles. The Kier molecular flexibility index (Phi) is 5.22. The van der Waals surface area contributed by atoms with E-state index in [0.29, 0.717) is 12.6 Å². The number of aliphatic carboxylic acids is 1. The average molecular weight is 357 g/mol. The van der Waals surface area contributed by atoms with E-state index < -0.39 is 17.7 Å². The van der Waals surface area contributed by atoms with Crippen LogP contribution in [0.15, 0.2) is 24.3 Å². The molecule has 0 spiro atoms. The zero-order valence-corrected chi connectivity index (χ0v) is 13.8. The van der Waals surface area contributed by atoms with Gasteiger partial charge in [-0.1, -0.05) is 6.07 Å². The molecule has 2 heterocycles. The summed E-state index contributed by atoms with van der Waals surface area (Å²) in [5.74, 6) is -0.729. The molecule has 0 aromatic heterocycles. The molecule has 2 aliphatic rings. The van der Waals surface area contributed by atoms with E-state index in [1.54, 1.807) is 0 Å². The van der Waals surface area contributed by atoms with Crippen molar-refractivity contribution in [2.24, 2.45) is 5.92 Å². The standard InChI is InChI=1S/C18H22F3NO3/c19-18(20,21)12-4-3-5-14(10-12)25-9-2-1-8-22-13-6-7-16(22)15(11-13)17(23)24/h3-5,10,13,15-16H,1-2,6-9,11H2,(H,23,24). The number of fused-ring (bicyclic) bond motifs is 2. The number of benzene rings is 1. The largest absolute Gasteiger partial charge is 0.494 e. The molecule has 2 saturated heterocycles. The van der Waals surface area contributed by atoms with Crippen molar-refractivity contribution in [1.29, 1.82) is 0 Å². The summed E-state index contributed by atoms with van der Waals surface area (Å²) in [7, 11) is 0. The van der Waals surface area contributed by atoms with Gasteiger partial charge in [0.05, 0.1) is 18.1 Å². The van der Waals surface area contributed by atoms with Crippen LogP contribution in [0.2, 0.25) is 0 Å². The lowest BCUT2D eigenvalue weighted by Gasteiger charge is -2.22. The number of carboxylic acids is 1. The number of unbranched alkanes of at least 4 members (excludes halogenated alkanes) is 1. The van der Waals surface area contributed by atoms with E-state index in [1.807, 2.05) is 0 Å². The monoisotopic (exact) mass is 357 g/mol. The van der Waals surface area contributed by atoms with Crippen LogP contribution in [0, 0.1) is 5.92 Å². The van der Waals surface area contributed by atoms with E-state index in [-0.39, 0.29) is 17.7 Å². The van der Waals surface area contributed by atoms with Crippen LogP contribution >= 0.6 is 0 Å². The topological polar surface area (TPSA) is 49.8 Å². The van der Waals surface area contributed by atoms with Gasteiger partial charge in [-0.2, -0.15) is 13.2 Å². The highest BCUT2D eigenvalue weighted by Gasteiger charge is 2.48. The Morgan fingerprint density at radius 2 is 2.08 bits per heavy atom. The molecule has 3 rings (SSSR count). The van der Waals surface area contributed by atoms with Crippen molar-refractivity contribution in [2.75, 3.05) is 13.2 Å². The van der Waals surface area contributed by atoms with Gasteiger partial charge in [-0.15, -0.1) is 0 Å². The molecule has 4 nitrogen and oxygen atoms in total. The predicted octanol–water partition coefficient (Wildman–Crippen LogP) is 3.80. The Morgan fingerprint density at radius 1 is 1.28 bits per heavy atom. The van der Waals surface area contributed by atoms with E-state index in [0.717, 1.165) is 50.8 Å². The molecule has 25 heavy (non-hydrogen) atoms. The number of alkyl halides is 3. The molecule has 3 atom stereocenters. The summed E-state index contributed by atoms with van der Waals surface area (Å²) < 4.78 is 43.4. The van der Waals surface area contributed by atoms with Crippen LogP contribution in [0.5, 0.6) is 5.75 Å². The average Bonchev–Trinajstić information content (AvgIpc) is 3.11. The van der Waals surface area contributed by atoms with Gasteiger partial charge in [0.1, 0.15) is 5.75 Å². The second-order valence-corrected chi connectivity index (χ2v) is 6.80. The van der Waals surface area contributed by atoms with Gasteiger partial charge >= 0.3 is 12.1 Å². The molecular weight excluding hydrogens is 335 g/mol. The molecule has 0 saturated carbocycles. The summed E-state index contributed by atoms with van der Waals surface area (Å²) >= 11 is 0. The highest BCUT2D eigenvalue weighted by Crippen LogP contribution is 2.41. The smallest absolute Gasteiger partial charge is 0.416 e. The molecule has 7 heteroatoms. The summed E-state index contributed by atoms with van der Waals surface area (Å²) in [6.45, 7) is 1.18. The van der Waals surface area contributed by atoms with Crippen molar-refractivity contribution >= 4 is 5.97 Å². The fourth-order valence-corrected chi connectivity index (χ4v) is 4.06. The summed E-state index contributed by atoms with van der Waals surface area (Å²) in [6, 6.07) is 5.41. The first-order chi connectivity index (χ1) is 11.9. The normalized spacial score (nSPS) is 26.1. The molecular formula is C18H22F3NO3. The molecule has 138 valence electrons. The molecule has 0 amide bonds. The van der Waals surface area contributed by atoms with E-state index in [4.69, 9.17) is 4.74 Å². The van der Waals surface area contributed by atoms with Gasteiger partial charge in [-0.05, 0) is 56.8 Å². The number of carbonyl (C=O) groups is 1. The van der Waals surface area contributed by atoms with Crippen LogP contribution in [-0.4, -0.2) is 41.2 Å². The molecule has 1 N–H and O–H groups in total. The van der Waals surface area contributed by atoms with Crippen molar-refractivity contribution in [3.63, 3.8) is 0 Å². The summed E-state index contributed by atoms with van der Waals surface area (Å²) in [4.78, 5) is 13.5. The summed E-state index contributed by atoms with van der Waals surface area (Å²) in [5.41, 5.74) is -0.710. The molecule has 0 radical (unpaired) electrons. The number of rotatable bonds is 7. The Balaban J connectivity index is 1.41. The van der Waals surface area contributed by atoms with Gasteiger partial charge in [0, 0.05) is 12.1 Å². The van der Waals surface area contributed by atoms with Gasteiger partial charge in [-0.25, -0.2) is 0 Å².